The van der Waals surface area contributed by atoms with E-state index in [1.807, 2.05) is 0 Å². The molecule has 3 unspecified atom stereocenters. The quantitative estimate of drug-likeness (QED) is 0.920. The summed E-state index contributed by atoms with van der Waals surface area (Å²) in [6.07, 6.45) is -0.457. The first-order valence-corrected chi connectivity index (χ1v) is 7.44. The van der Waals surface area contributed by atoms with Crippen molar-refractivity contribution in [3.8, 4) is 0 Å². The van der Waals surface area contributed by atoms with E-state index in [1.165, 1.54) is 17.0 Å². The van der Waals surface area contributed by atoms with Crippen molar-refractivity contribution in [2.45, 2.75) is 18.4 Å². The second-order valence-corrected chi connectivity index (χ2v) is 5.97. The Morgan fingerprint density at radius 1 is 1.41 bits per heavy atom. The predicted octanol–water partition coefficient (Wildman–Crippen LogP) is 1.89. The summed E-state index contributed by atoms with van der Waals surface area (Å²) >= 11 is 6.02. The van der Waals surface area contributed by atoms with E-state index in [-0.39, 0.29) is 30.9 Å². The fourth-order valence-electron chi connectivity index (χ4n) is 2.89. The lowest BCUT2D eigenvalue weighted by atomic mass is 10.1. The average Bonchev–Trinajstić information content (AvgIpc) is 3.26. The molecule has 1 aliphatic carbocycles. The van der Waals surface area contributed by atoms with Gasteiger partial charge in [0.25, 0.3) is 0 Å². The van der Waals surface area contributed by atoms with Gasteiger partial charge in [-0.15, -0.1) is 0 Å². The molecule has 1 saturated heterocycles. The van der Waals surface area contributed by atoms with Crippen LogP contribution in [-0.4, -0.2) is 47.7 Å². The molecule has 22 heavy (non-hydrogen) atoms. The van der Waals surface area contributed by atoms with Crippen molar-refractivity contribution >= 4 is 23.5 Å². The third kappa shape index (κ3) is 2.80. The highest BCUT2D eigenvalue weighted by Crippen LogP contribution is 2.51. The summed E-state index contributed by atoms with van der Waals surface area (Å²) in [6.45, 7) is 0.583. The minimum absolute atomic E-state index is 0.0301. The van der Waals surface area contributed by atoms with E-state index in [4.69, 9.17) is 21.4 Å². The van der Waals surface area contributed by atoms with E-state index in [0.717, 1.165) is 0 Å². The molecule has 5 nitrogen and oxygen atoms in total. The number of carboxylic acid groups (broad SMARTS) is 1. The van der Waals surface area contributed by atoms with Gasteiger partial charge in [0, 0.05) is 29.0 Å². The molecule has 1 N–H and O–H groups in total. The lowest BCUT2D eigenvalue weighted by Crippen LogP contribution is -2.49. The molecule has 2 fully saturated rings. The summed E-state index contributed by atoms with van der Waals surface area (Å²) in [7, 11) is 0. The molecular weight excluding hydrogens is 313 g/mol. The van der Waals surface area contributed by atoms with E-state index in [9.17, 15) is 14.0 Å². The van der Waals surface area contributed by atoms with Crippen LogP contribution >= 0.6 is 11.6 Å². The number of aliphatic carboxylic acids is 1. The first kappa shape index (κ1) is 15.2. The molecule has 7 heteroatoms. The molecule has 1 aromatic rings. The number of halogens is 2. The number of hydrogen-bond acceptors (Lipinski definition) is 3. The summed E-state index contributed by atoms with van der Waals surface area (Å²) in [6, 6.07) is 4.46. The maximum atomic E-state index is 13.9. The fraction of sp³-hybridized carbons (Fsp3) is 0.467. The monoisotopic (exact) mass is 327 g/mol. The van der Waals surface area contributed by atoms with Crippen LogP contribution in [0.15, 0.2) is 18.2 Å². The van der Waals surface area contributed by atoms with Gasteiger partial charge >= 0.3 is 5.97 Å². The number of carboxylic acids is 1. The van der Waals surface area contributed by atoms with Crippen molar-refractivity contribution in [3.63, 3.8) is 0 Å². The number of ether oxygens (including phenoxy) is 1. The highest BCUT2D eigenvalue weighted by Gasteiger charge is 2.48. The van der Waals surface area contributed by atoms with Crippen LogP contribution in [0.3, 0.4) is 0 Å². The van der Waals surface area contributed by atoms with Crippen LogP contribution < -0.4 is 0 Å². The zero-order chi connectivity index (χ0) is 15.9. The van der Waals surface area contributed by atoms with Crippen LogP contribution in [-0.2, 0) is 14.3 Å². The summed E-state index contributed by atoms with van der Waals surface area (Å²) < 4.78 is 19.0. The molecule has 1 aliphatic heterocycles. The molecular formula is C15H15ClFNO4. The van der Waals surface area contributed by atoms with E-state index < -0.39 is 17.9 Å². The average molecular weight is 328 g/mol. The van der Waals surface area contributed by atoms with Crippen LogP contribution in [0.25, 0.3) is 0 Å². The van der Waals surface area contributed by atoms with Crippen molar-refractivity contribution in [1.29, 1.82) is 0 Å². The van der Waals surface area contributed by atoms with Crippen LogP contribution in [0.5, 0.6) is 0 Å². The Morgan fingerprint density at radius 2 is 2.18 bits per heavy atom. The number of hydrogen-bond donors (Lipinski definition) is 1. The molecule has 118 valence electrons. The molecule has 3 atom stereocenters. The Bertz CT molecular complexity index is 603. The highest BCUT2D eigenvalue weighted by molar-refractivity contribution is 6.31. The second-order valence-electron chi connectivity index (χ2n) is 5.57. The second kappa shape index (κ2) is 5.85. The maximum absolute atomic E-state index is 13.9. The van der Waals surface area contributed by atoms with Crippen molar-refractivity contribution < 1.29 is 23.8 Å². The van der Waals surface area contributed by atoms with Gasteiger partial charge in [0.05, 0.1) is 13.2 Å². The number of benzene rings is 1. The number of carbonyl (C=O) groups is 2. The van der Waals surface area contributed by atoms with Crippen LogP contribution in [0.2, 0.25) is 5.02 Å². The zero-order valence-corrected chi connectivity index (χ0v) is 12.4. The van der Waals surface area contributed by atoms with E-state index in [0.29, 0.717) is 23.6 Å². The largest absolute Gasteiger partial charge is 0.479 e. The number of nitrogens with zero attached hydrogens (tertiary/aromatic N) is 1. The van der Waals surface area contributed by atoms with Gasteiger partial charge in [0.1, 0.15) is 5.82 Å². The predicted molar refractivity (Wildman–Crippen MR) is 76.2 cm³/mol. The van der Waals surface area contributed by atoms with E-state index in [1.54, 1.807) is 6.07 Å². The first-order valence-electron chi connectivity index (χ1n) is 7.06. The number of rotatable bonds is 3. The summed E-state index contributed by atoms with van der Waals surface area (Å²) in [5, 5.41) is 9.29. The Balaban J connectivity index is 1.69. The molecule has 1 amide bonds. The fourth-order valence-corrected chi connectivity index (χ4v) is 3.19. The smallest absolute Gasteiger partial charge is 0.334 e. The van der Waals surface area contributed by atoms with Gasteiger partial charge in [0.2, 0.25) is 5.91 Å². The van der Waals surface area contributed by atoms with Crippen molar-refractivity contribution in [3.05, 3.63) is 34.6 Å². The third-order valence-corrected chi connectivity index (χ3v) is 4.46. The molecule has 1 aromatic carbocycles. The molecule has 1 saturated carbocycles. The Kier molecular flexibility index (Phi) is 4.06. The topological polar surface area (TPSA) is 66.8 Å². The van der Waals surface area contributed by atoms with Crippen LogP contribution in [0, 0.1) is 11.7 Å². The highest BCUT2D eigenvalue weighted by atomic mass is 35.5. The molecule has 0 bridgehead atoms. The van der Waals surface area contributed by atoms with E-state index in [2.05, 4.69) is 0 Å². The van der Waals surface area contributed by atoms with Gasteiger partial charge in [0.15, 0.2) is 6.10 Å². The minimum atomic E-state index is -1.08. The van der Waals surface area contributed by atoms with Crippen molar-refractivity contribution in [2.75, 3.05) is 19.7 Å². The lowest BCUT2D eigenvalue weighted by molar-refractivity contribution is -0.159. The molecule has 0 spiro atoms. The SMILES string of the molecule is O=C(O)C1CN(C(=O)C2CC2c2c(F)cccc2Cl)CCO1. The third-order valence-electron chi connectivity index (χ3n) is 4.13. The molecule has 1 heterocycles. The standard InChI is InChI=1S/C15H15ClFNO4/c16-10-2-1-3-11(17)13(10)8-6-9(8)14(19)18-4-5-22-12(7-18)15(20)21/h1-3,8-9,12H,4-7H2,(H,20,21). The molecule has 0 radical (unpaired) electrons. The first-order chi connectivity index (χ1) is 10.5. The summed E-state index contributed by atoms with van der Waals surface area (Å²) in [5.41, 5.74) is 0.380. The van der Waals surface area contributed by atoms with Gasteiger partial charge in [-0.05, 0) is 18.6 Å². The van der Waals surface area contributed by atoms with Crippen LogP contribution in [0.1, 0.15) is 17.9 Å². The molecule has 3 rings (SSSR count). The van der Waals surface area contributed by atoms with Gasteiger partial charge < -0.3 is 14.7 Å². The Hall–Kier alpha value is -1.66. The minimum Gasteiger partial charge on any atom is -0.479 e. The van der Waals surface area contributed by atoms with Crippen LogP contribution in [0.4, 0.5) is 4.39 Å². The Morgan fingerprint density at radius 3 is 2.86 bits per heavy atom. The molecule has 2 aliphatic rings. The Labute approximate surface area is 131 Å². The maximum Gasteiger partial charge on any atom is 0.334 e. The number of carbonyl (C=O) groups excluding carboxylic acids is 1. The van der Waals surface area contributed by atoms with Gasteiger partial charge in [-0.2, -0.15) is 0 Å². The van der Waals surface area contributed by atoms with Gasteiger partial charge in [-0.3, -0.25) is 4.79 Å². The zero-order valence-electron chi connectivity index (χ0n) is 11.7. The van der Waals surface area contributed by atoms with Gasteiger partial charge in [-0.25, -0.2) is 9.18 Å². The van der Waals surface area contributed by atoms with Crippen molar-refractivity contribution in [1.82, 2.24) is 4.90 Å². The molecule has 0 aromatic heterocycles. The lowest BCUT2D eigenvalue weighted by Gasteiger charge is -2.31. The summed E-state index contributed by atoms with van der Waals surface area (Å²) in [4.78, 5) is 24.9. The normalized spacial score (nSPS) is 27.5. The summed E-state index contributed by atoms with van der Waals surface area (Å²) in [5.74, 6) is -2.20. The van der Waals surface area contributed by atoms with E-state index >= 15 is 0 Å². The number of morpholine rings is 1. The number of amides is 1. The van der Waals surface area contributed by atoms with Gasteiger partial charge in [-0.1, -0.05) is 17.7 Å². The van der Waals surface area contributed by atoms with Crippen molar-refractivity contribution in [2.24, 2.45) is 5.92 Å².